The molecule has 2 aromatic rings. The van der Waals surface area contributed by atoms with Gasteiger partial charge >= 0.3 is 0 Å². The van der Waals surface area contributed by atoms with Gasteiger partial charge in [0.1, 0.15) is 6.04 Å². The Morgan fingerprint density at radius 3 is 2.53 bits per heavy atom. The van der Waals surface area contributed by atoms with E-state index in [0.29, 0.717) is 38.7 Å². The Balaban J connectivity index is 1.43. The van der Waals surface area contributed by atoms with Gasteiger partial charge in [0.15, 0.2) is 5.76 Å². The molecule has 172 valence electrons. The number of nitrogens with zero attached hydrogens (tertiary/aromatic N) is 1. The van der Waals surface area contributed by atoms with E-state index in [1.807, 2.05) is 30.3 Å². The van der Waals surface area contributed by atoms with Crippen LogP contribution < -0.4 is 10.6 Å². The van der Waals surface area contributed by atoms with E-state index in [2.05, 4.69) is 15.5 Å². The van der Waals surface area contributed by atoms with E-state index in [1.54, 1.807) is 12.1 Å². The Morgan fingerprint density at radius 2 is 1.84 bits per heavy atom. The van der Waals surface area contributed by atoms with Crippen molar-refractivity contribution in [3.05, 3.63) is 60.1 Å². The summed E-state index contributed by atoms with van der Waals surface area (Å²) in [6, 6.07) is 12.4. The minimum Gasteiger partial charge on any atom is -0.459 e. The van der Waals surface area contributed by atoms with Gasteiger partial charge < -0.3 is 24.5 Å². The monoisotopic (exact) mass is 441 g/mol. The Morgan fingerprint density at radius 1 is 1.03 bits per heavy atom. The van der Waals surface area contributed by atoms with Crippen LogP contribution in [0, 0.1) is 5.92 Å². The van der Waals surface area contributed by atoms with Gasteiger partial charge in [0.2, 0.25) is 5.91 Å². The van der Waals surface area contributed by atoms with E-state index >= 15 is 0 Å². The molecule has 0 saturated carbocycles. The summed E-state index contributed by atoms with van der Waals surface area (Å²) in [5.41, 5.74) is 0.973. The molecule has 1 aromatic heterocycles. The number of ether oxygens (including phenoxy) is 2. The van der Waals surface area contributed by atoms with E-state index in [9.17, 15) is 9.59 Å². The molecule has 2 aliphatic rings. The second-order valence-electron chi connectivity index (χ2n) is 8.28. The van der Waals surface area contributed by atoms with Gasteiger partial charge in [-0.2, -0.15) is 0 Å². The van der Waals surface area contributed by atoms with Crippen LogP contribution in [0.1, 0.15) is 22.5 Å². The molecule has 2 fully saturated rings. The Hall–Kier alpha value is -2.68. The summed E-state index contributed by atoms with van der Waals surface area (Å²) in [4.78, 5) is 28.2. The molecule has 0 spiro atoms. The minimum absolute atomic E-state index is 0.184. The van der Waals surface area contributed by atoms with Crippen LogP contribution in [-0.4, -0.2) is 74.9 Å². The molecule has 1 aromatic carbocycles. The van der Waals surface area contributed by atoms with Crippen molar-refractivity contribution in [2.45, 2.75) is 24.9 Å². The lowest BCUT2D eigenvalue weighted by Gasteiger charge is -2.37. The number of hydrogen-bond acceptors (Lipinski definition) is 6. The van der Waals surface area contributed by atoms with Crippen molar-refractivity contribution in [3.8, 4) is 0 Å². The number of amides is 2. The van der Waals surface area contributed by atoms with Gasteiger partial charge in [0, 0.05) is 44.6 Å². The SMILES string of the molecule is O=C(NC(Cc1ccccc1)C(=O)NCC(C1CCOC1)N1CCOCC1)c1ccco1. The number of carbonyl (C=O) groups excluding carboxylic acids is 2. The largest absolute Gasteiger partial charge is 0.459 e. The van der Waals surface area contributed by atoms with E-state index in [-0.39, 0.29) is 17.7 Å². The maximum atomic E-state index is 13.2. The number of nitrogens with one attached hydrogen (secondary N) is 2. The molecule has 3 unspecified atom stereocenters. The van der Waals surface area contributed by atoms with Crippen molar-refractivity contribution >= 4 is 11.8 Å². The second-order valence-corrected chi connectivity index (χ2v) is 8.28. The van der Waals surface area contributed by atoms with Gasteiger partial charge in [-0.05, 0) is 24.1 Å². The highest BCUT2D eigenvalue weighted by molar-refractivity contribution is 5.95. The van der Waals surface area contributed by atoms with Gasteiger partial charge in [0.25, 0.3) is 5.91 Å². The number of furan rings is 1. The highest BCUT2D eigenvalue weighted by Gasteiger charge is 2.32. The molecule has 0 aliphatic carbocycles. The van der Waals surface area contributed by atoms with Gasteiger partial charge in [-0.3, -0.25) is 14.5 Å². The van der Waals surface area contributed by atoms with Crippen LogP contribution in [0.4, 0.5) is 0 Å². The van der Waals surface area contributed by atoms with Crippen molar-refractivity contribution in [2.24, 2.45) is 5.92 Å². The first-order valence-electron chi connectivity index (χ1n) is 11.3. The highest BCUT2D eigenvalue weighted by atomic mass is 16.5. The molecule has 2 saturated heterocycles. The van der Waals surface area contributed by atoms with Gasteiger partial charge in [-0.15, -0.1) is 0 Å². The molecular formula is C24H31N3O5. The molecule has 0 radical (unpaired) electrons. The molecule has 3 atom stereocenters. The van der Waals surface area contributed by atoms with E-state index in [1.165, 1.54) is 6.26 Å². The zero-order valence-electron chi connectivity index (χ0n) is 18.2. The quantitative estimate of drug-likeness (QED) is 0.612. The lowest BCUT2D eigenvalue weighted by Crippen LogP contribution is -2.55. The molecule has 2 aliphatic heterocycles. The topological polar surface area (TPSA) is 93.0 Å². The summed E-state index contributed by atoms with van der Waals surface area (Å²) in [5, 5.41) is 5.94. The maximum Gasteiger partial charge on any atom is 0.287 e. The molecule has 32 heavy (non-hydrogen) atoms. The van der Waals surface area contributed by atoms with Crippen molar-refractivity contribution in [1.29, 1.82) is 0 Å². The predicted molar refractivity (Wildman–Crippen MR) is 118 cm³/mol. The first-order chi connectivity index (χ1) is 15.7. The summed E-state index contributed by atoms with van der Waals surface area (Å²) in [6.45, 7) is 5.08. The third-order valence-corrected chi connectivity index (χ3v) is 6.16. The fourth-order valence-electron chi connectivity index (χ4n) is 4.38. The highest BCUT2D eigenvalue weighted by Crippen LogP contribution is 2.22. The third-order valence-electron chi connectivity index (χ3n) is 6.16. The zero-order chi connectivity index (χ0) is 22.2. The average Bonchev–Trinajstić information content (AvgIpc) is 3.55. The van der Waals surface area contributed by atoms with Crippen LogP contribution in [0.2, 0.25) is 0 Å². The molecular weight excluding hydrogens is 410 g/mol. The summed E-state index contributed by atoms with van der Waals surface area (Å²) < 4.78 is 16.3. The Bertz CT molecular complexity index is 846. The Labute approximate surface area is 188 Å². The fraction of sp³-hybridized carbons (Fsp3) is 0.500. The van der Waals surface area contributed by atoms with Crippen molar-refractivity contribution < 1.29 is 23.5 Å². The van der Waals surface area contributed by atoms with Crippen molar-refractivity contribution in [2.75, 3.05) is 46.1 Å². The number of rotatable bonds is 9. The number of carbonyl (C=O) groups is 2. The van der Waals surface area contributed by atoms with Crippen LogP contribution in [0.25, 0.3) is 0 Å². The fourth-order valence-corrected chi connectivity index (χ4v) is 4.38. The number of morpholine rings is 1. The molecule has 2 N–H and O–H groups in total. The van der Waals surface area contributed by atoms with E-state index < -0.39 is 11.9 Å². The average molecular weight is 442 g/mol. The first kappa shape index (κ1) is 22.5. The van der Waals surface area contributed by atoms with Crippen LogP contribution in [0.5, 0.6) is 0 Å². The lowest BCUT2D eigenvalue weighted by atomic mass is 9.96. The predicted octanol–water partition coefficient (Wildman–Crippen LogP) is 1.47. The molecule has 8 heteroatoms. The van der Waals surface area contributed by atoms with Crippen LogP contribution in [0.3, 0.4) is 0 Å². The minimum atomic E-state index is -0.708. The molecule has 0 bridgehead atoms. The zero-order valence-corrected chi connectivity index (χ0v) is 18.2. The normalized spacial score (nSPS) is 21.1. The van der Waals surface area contributed by atoms with Crippen LogP contribution in [0.15, 0.2) is 53.1 Å². The first-order valence-corrected chi connectivity index (χ1v) is 11.3. The van der Waals surface area contributed by atoms with Crippen molar-refractivity contribution in [1.82, 2.24) is 15.5 Å². The number of benzene rings is 1. The van der Waals surface area contributed by atoms with Gasteiger partial charge in [-0.25, -0.2) is 0 Å². The smallest absolute Gasteiger partial charge is 0.287 e. The summed E-state index contributed by atoms with van der Waals surface area (Å²) in [7, 11) is 0. The molecule has 2 amide bonds. The van der Waals surface area contributed by atoms with Crippen molar-refractivity contribution in [3.63, 3.8) is 0 Å². The lowest BCUT2D eigenvalue weighted by molar-refractivity contribution is -0.123. The van der Waals surface area contributed by atoms with Crippen LogP contribution in [-0.2, 0) is 20.7 Å². The molecule has 8 nitrogen and oxygen atoms in total. The Kier molecular flexibility index (Phi) is 7.92. The van der Waals surface area contributed by atoms with E-state index in [0.717, 1.165) is 31.7 Å². The third kappa shape index (κ3) is 5.97. The number of hydrogen-bond donors (Lipinski definition) is 2. The maximum absolute atomic E-state index is 13.2. The van der Waals surface area contributed by atoms with Gasteiger partial charge in [-0.1, -0.05) is 30.3 Å². The van der Waals surface area contributed by atoms with E-state index in [4.69, 9.17) is 13.9 Å². The standard InChI is InChI=1S/C24H31N3O5/c28-23(25-16-21(19-8-12-31-17-19)27-9-13-30-14-10-27)20(15-18-5-2-1-3-6-18)26-24(29)22-7-4-11-32-22/h1-7,11,19-21H,8-10,12-17H2,(H,25,28)(H,26,29). The second kappa shape index (κ2) is 11.3. The summed E-state index contributed by atoms with van der Waals surface area (Å²) >= 11 is 0. The van der Waals surface area contributed by atoms with Crippen LogP contribution >= 0.6 is 0 Å². The summed E-state index contributed by atoms with van der Waals surface area (Å²) in [6.07, 6.45) is 2.83. The van der Waals surface area contributed by atoms with Gasteiger partial charge in [0.05, 0.1) is 26.1 Å². The summed E-state index contributed by atoms with van der Waals surface area (Å²) in [5.74, 6) is -0.0465. The molecule has 3 heterocycles. The molecule has 4 rings (SSSR count).